The van der Waals surface area contributed by atoms with E-state index in [1.165, 1.54) is 10.9 Å². The van der Waals surface area contributed by atoms with E-state index in [0.717, 1.165) is 0 Å². The zero-order valence-electron chi connectivity index (χ0n) is 21.8. The Morgan fingerprint density at radius 3 is 2.59 bits per heavy atom. The highest BCUT2D eigenvalue weighted by atomic mass is 19.1. The molecule has 14 heteroatoms. The number of terminal acetylenes is 1. The normalized spacial score (nSPS) is 24.6. The molecule has 2 fully saturated rings. The van der Waals surface area contributed by atoms with Crippen LogP contribution in [0.15, 0.2) is 6.33 Å². The molecule has 2 saturated heterocycles. The van der Waals surface area contributed by atoms with E-state index in [1.54, 1.807) is 27.7 Å². The summed E-state index contributed by atoms with van der Waals surface area (Å²) in [6.45, 7) is 6.20. The second-order valence-electron chi connectivity index (χ2n) is 9.86. The van der Waals surface area contributed by atoms with E-state index in [2.05, 4.69) is 26.2 Å². The maximum Gasteiger partial charge on any atom is 0.312 e. The molecule has 0 aromatic carbocycles. The van der Waals surface area contributed by atoms with Crippen LogP contribution < -0.4 is 5.32 Å². The molecule has 1 N–H and O–H groups in total. The third-order valence-corrected chi connectivity index (χ3v) is 6.28. The number of amides is 1. The number of nitrogens with zero attached hydrogens (tertiary/aromatic N) is 4. The molecule has 0 saturated carbocycles. The van der Waals surface area contributed by atoms with Gasteiger partial charge in [-0.15, -0.1) is 6.42 Å². The molecule has 0 spiro atoms. The van der Waals surface area contributed by atoms with Crippen molar-refractivity contribution in [2.75, 3.05) is 11.9 Å². The Kier molecular flexibility index (Phi) is 7.82. The van der Waals surface area contributed by atoms with Crippen molar-refractivity contribution >= 4 is 40.8 Å². The number of rotatable bonds is 8. The summed E-state index contributed by atoms with van der Waals surface area (Å²) in [5, 5.41) is 2.43. The number of nitrogens with one attached hydrogen (secondary N) is 1. The number of hydrogen-bond donors (Lipinski definition) is 1. The summed E-state index contributed by atoms with van der Waals surface area (Å²) in [6.07, 6.45) is 3.17. The van der Waals surface area contributed by atoms with E-state index >= 15 is 0 Å². The van der Waals surface area contributed by atoms with Crippen molar-refractivity contribution in [2.45, 2.75) is 71.0 Å². The van der Waals surface area contributed by atoms with Crippen LogP contribution in [0, 0.1) is 30.3 Å². The highest BCUT2D eigenvalue weighted by Crippen LogP contribution is 2.40. The van der Waals surface area contributed by atoms with E-state index in [-0.39, 0.29) is 36.2 Å². The van der Waals surface area contributed by atoms with Crippen molar-refractivity contribution in [3.8, 4) is 12.3 Å². The molecule has 0 aliphatic carbocycles. The van der Waals surface area contributed by atoms with Gasteiger partial charge in [0.05, 0.1) is 18.2 Å². The first-order valence-corrected chi connectivity index (χ1v) is 12.4. The topological polar surface area (TPSA) is 161 Å². The van der Waals surface area contributed by atoms with Gasteiger partial charge in [0, 0.05) is 19.3 Å². The average Bonchev–Trinajstić information content (AvgIpc) is 3.59. The lowest BCUT2D eigenvalue weighted by molar-refractivity contribution is -0.170. The van der Waals surface area contributed by atoms with Gasteiger partial charge < -0.3 is 24.3 Å². The Hall–Kier alpha value is -4.12. The Balaban J connectivity index is 1.65. The molecule has 13 nitrogen and oxygen atoms in total. The lowest BCUT2D eigenvalue weighted by Crippen LogP contribution is -2.46. The molecule has 4 atom stereocenters. The van der Waals surface area contributed by atoms with Gasteiger partial charge in [0.1, 0.15) is 18.9 Å². The number of cyclic esters (lactones) is 1. The Labute approximate surface area is 222 Å². The average molecular weight is 546 g/mol. The van der Waals surface area contributed by atoms with E-state index in [9.17, 15) is 23.6 Å². The number of esters is 3. The van der Waals surface area contributed by atoms with Gasteiger partial charge in [-0.25, -0.2) is 4.98 Å². The molecular weight excluding hydrogens is 517 g/mol. The fourth-order valence-corrected chi connectivity index (χ4v) is 4.07. The number of fused-ring (bicyclic) bond motifs is 1. The van der Waals surface area contributed by atoms with Crippen LogP contribution in [0.2, 0.25) is 0 Å². The SMILES string of the molecule is C#C[C@]1(COC(=O)C(C)C)O[C@@H](n2cnc3c(NC(=O)[C@H]4CCC(=O)O4)nc(F)nc32)C[C@@H]1OC(=O)C(C)C. The zero-order chi connectivity index (χ0) is 28.5. The third-order valence-electron chi connectivity index (χ3n) is 6.28. The predicted octanol–water partition coefficient (Wildman–Crippen LogP) is 1.67. The molecule has 0 radical (unpaired) electrons. The van der Waals surface area contributed by atoms with E-state index in [4.69, 9.17) is 25.4 Å². The smallest absolute Gasteiger partial charge is 0.312 e. The summed E-state index contributed by atoms with van der Waals surface area (Å²) in [7, 11) is 0. The number of hydrogen-bond acceptors (Lipinski definition) is 11. The first-order chi connectivity index (χ1) is 18.4. The molecule has 2 aromatic rings. The van der Waals surface area contributed by atoms with Crippen LogP contribution in [0.25, 0.3) is 11.2 Å². The standard InChI is InChI=1S/C25H28FN5O8/c1-6-25(10-36-22(34)12(2)3)15(38-23(35)13(4)5)9-16(39-25)31-11-27-18-19(29-24(26)30-20(18)31)28-21(33)14-7-8-17(32)37-14/h1,11-16H,7-10H2,2-5H3,(H,28,29,30,33)/t14-,15+,16-,25-/m1/s1. The first kappa shape index (κ1) is 27.9. The summed E-state index contributed by atoms with van der Waals surface area (Å²) in [5.74, 6) is -0.943. The van der Waals surface area contributed by atoms with Gasteiger partial charge in [-0.3, -0.25) is 23.7 Å². The van der Waals surface area contributed by atoms with Crippen molar-refractivity contribution in [1.29, 1.82) is 0 Å². The van der Waals surface area contributed by atoms with E-state index in [0.29, 0.717) is 0 Å². The number of anilines is 1. The van der Waals surface area contributed by atoms with Gasteiger partial charge in [-0.05, 0) is 0 Å². The van der Waals surface area contributed by atoms with E-state index < -0.39 is 72.4 Å². The van der Waals surface area contributed by atoms with Gasteiger partial charge in [0.25, 0.3) is 5.91 Å². The lowest BCUT2D eigenvalue weighted by atomic mass is 9.98. The van der Waals surface area contributed by atoms with Crippen LogP contribution in [-0.2, 0) is 38.1 Å². The van der Waals surface area contributed by atoms with Crippen LogP contribution >= 0.6 is 0 Å². The highest BCUT2D eigenvalue weighted by Gasteiger charge is 2.52. The van der Waals surface area contributed by atoms with Gasteiger partial charge in [-0.1, -0.05) is 33.6 Å². The molecule has 2 aromatic heterocycles. The molecule has 2 aliphatic rings. The Bertz CT molecular complexity index is 1350. The molecule has 208 valence electrons. The van der Waals surface area contributed by atoms with Gasteiger partial charge in [0.15, 0.2) is 23.1 Å². The van der Waals surface area contributed by atoms with Crippen LogP contribution in [0.5, 0.6) is 0 Å². The molecule has 0 unspecified atom stereocenters. The second-order valence-corrected chi connectivity index (χ2v) is 9.86. The number of carbonyl (C=O) groups excluding carboxylic acids is 4. The fraction of sp³-hybridized carbons (Fsp3) is 0.560. The van der Waals surface area contributed by atoms with Gasteiger partial charge in [-0.2, -0.15) is 14.4 Å². The largest absolute Gasteiger partial charge is 0.461 e. The number of imidazole rings is 1. The van der Waals surface area contributed by atoms with E-state index in [1.807, 2.05) is 0 Å². The third kappa shape index (κ3) is 5.68. The molecule has 2 aliphatic heterocycles. The monoisotopic (exact) mass is 545 g/mol. The molecular formula is C25H28FN5O8. The van der Waals surface area contributed by atoms with Crippen molar-refractivity contribution in [1.82, 2.24) is 19.5 Å². The lowest BCUT2D eigenvalue weighted by Gasteiger charge is -2.29. The summed E-state index contributed by atoms with van der Waals surface area (Å²) >= 11 is 0. The van der Waals surface area contributed by atoms with Crippen molar-refractivity contribution in [2.24, 2.45) is 11.8 Å². The van der Waals surface area contributed by atoms with Gasteiger partial charge in [0.2, 0.25) is 5.60 Å². The molecule has 0 bridgehead atoms. The van der Waals surface area contributed by atoms with Crippen molar-refractivity contribution < 1.29 is 42.5 Å². The fourth-order valence-electron chi connectivity index (χ4n) is 4.07. The Morgan fingerprint density at radius 1 is 1.26 bits per heavy atom. The van der Waals surface area contributed by atoms with Crippen LogP contribution in [-0.4, -0.2) is 67.7 Å². The summed E-state index contributed by atoms with van der Waals surface area (Å²) < 4.78 is 37.9. The van der Waals surface area contributed by atoms with Crippen LogP contribution in [0.3, 0.4) is 0 Å². The number of aromatic nitrogens is 4. The molecule has 4 rings (SSSR count). The second kappa shape index (κ2) is 10.9. The minimum Gasteiger partial charge on any atom is -0.461 e. The molecule has 39 heavy (non-hydrogen) atoms. The number of halogens is 1. The summed E-state index contributed by atoms with van der Waals surface area (Å²) in [6, 6.07) is 0. The summed E-state index contributed by atoms with van der Waals surface area (Å²) in [5.41, 5.74) is -1.67. The first-order valence-electron chi connectivity index (χ1n) is 12.4. The predicted molar refractivity (Wildman–Crippen MR) is 130 cm³/mol. The van der Waals surface area contributed by atoms with Crippen molar-refractivity contribution in [3.63, 3.8) is 0 Å². The minimum atomic E-state index is -1.65. The quantitative estimate of drug-likeness (QED) is 0.222. The maximum absolute atomic E-state index is 14.5. The highest BCUT2D eigenvalue weighted by molar-refractivity contribution is 6.00. The van der Waals surface area contributed by atoms with Crippen LogP contribution in [0.1, 0.15) is 53.2 Å². The summed E-state index contributed by atoms with van der Waals surface area (Å²) in [4.78, 5) is 60.2. The Morgan fingerprint density at radius 2 is 1.97 bits per heavy atom. The molecule has 4 heterocycles. The minimum absolute atomic E-state index is 0.00130. The zero-order valence-corrected chi connectivity index (χ0v) is 21.8. The van der Waals surface area contributed by atoms with Crippen LogP contribution in [0.4, 0.5) is 10.2 Å². The van der Waals surface area contributed by atoms with Gasteiger partial charge >= 0.3 is 24.0 Å². The number of ether oxygens (including phenoxy) is 4. The number of carbonyl (C=O) groups is 4. The maximum atomic E-state index is 14.5. The molecule has 1 amide bonds. The van der Waals surface area contributed by atoms with Crippen molar-refractivity contribution in [3.05, 3.63) is 12.4 Å².